The lowest BCUT2D eigenvalue weighted by Gasteiger charge is -2.21. The van der Waals surface area contributed by atoms with Crippen molar-refractivity contribution in [2.24, 2.45) is 0 Å². The third-order valence-corrected chi connectivity index (χ3v) is 4.18. The fourth-order valence-corrected chi connectivity index (χ4v) is 3.27. The Labute approximate surface area is 123 Å². The van der Waals surface area contributed by atoms with Gasteiger partial charge in [-0.05, 0) is 41.8 Å². The summed E-state index contributed by atoms with van der Waals surface area (Å²) in [5, 5.41) is 0.361. The zero-order chi connectivity index (χ0) is 15.4. The van der Waals surface area contributed by atoms with E-state index in [0.29, 0.717) is 34.2 Å². The summed E-state index contributed by atoms with van der Waals surface area (Å²) in [4.78, 5) is 14.4. The Morgan fingerprint density at radius 2 is 1.91 bits per heavy atom. The van der Waals surface area contributed by atoms with Crippen LogP contribution >= 0.6 is 0 Å². The number of H-pyrrole nitrogens is 1. The lowest BCUT2D eigenvalue weighted by molar-refractivity contribution is -0.109. The van der Waals surface area contributed by atoms with E-state index in [0.717, 1.165) is 12.4 Å². The number of rotatable bonds is 1. The minimum atomic E-state index is -0.710. The Morgan fingerprint density at radius 3 is 2.68 bits per heavy atom. The van der Waals surface area contributed by atoms with Gasteiger partial charge in [0.25, 0.3) is 0 Å². The van der Waals surface area contributed by atoms with Crippen molar-refractivity contribution < 1.29 is 18.0 Å². The van der Waals surface area contributed by atoms with Gasteiger partial charge >= 0.3 is 0 Å². The second kappa shape index (κ2) is 4.47. The highest BCUT2D eigenvalue weighted by atomic mass is 19.1. The van der Waals surface area contributed by atoms with E-state index in [4.69, 9.17) is 0 Å². The summed E-state index contributed by atoms with van der Waals surface area (Å²) >= 11 is 0. The second-order valence-electron chi connectivity index (χ2n) is 5.47. The fraction of sp³-hybridized carbons (Fsp3) is 0.118. The Balaban J connectivity index is 2.12. The van der Waals surface area contributed by atoms with Crippen molar-refractivity contribution >= 4 is 17.2 Å². The standard InChI is InChI=1S/C17H10F3NO/c18-10-1-2-12-8(4-10)3-9(7-22)15-13-5-11(19)6-14(20)16(13)21-17(12)15/h1-2,4-7,9,21H,3H2. The summed E-state index contributed by atoms with van der Waals surface area (Å²) in [6.07, 6.45) is 1.05. The molecular formula is C17H10F3NO. The highest BCUT2D eigenvalue weighted by molar-refractivity contribution is 5.96. The summed E-state index contributed by atoms with van der Waals surface area (Å²) in [6, 6.07) is 6.29. The molecule has 22 heavy (non-hydrogen) atoms. The highest BCUT2D eigenvalue weighted by Crippen LogP contribution is 2.43. The van der Waals surface area contributed by atoms with Crippen LogP contribution in [0.1, 0.15) is 17.0 Å². The number of nitrogens with one attached hydrogen (secondary N) is 1. The van der Waals surface area contributed by atoms with Crippen LogP contribution in [0.2, 0.25) is 0 Å². The van der Waals surface area contributed by atoms with Gasteiger partial charge in [-0.3, -0.25) is 0 Å². The van der Waals surface area contributed by atoms with Gasteiger partial charge < -0.3 is 9.78 Å². The number of carbonyl (C=O) groups excluding carboxylic acids is 1. The number of benzene rings is 2. The Kier molecular flexibility index (Phi) is 2.66. The van der Waals surface area contributed by atoms with E-state index in [1.807, 2.05) is 0 Å². The quantitative estimate of drug-likeness (QED) is 0.675. The lowest BCUT2D eigenvalue weighted by Crippen LogP contribution is -2.12. The molecule has 0 radical (unpaired) electrons. The van der Waals surface area contributed by atoms with E-state index in [1.54, 1.807) is 6.07 Å². The number of halogens is 3. The Hall–Kier alpha value is -2.56. The maximum Gasteiger partial charge on any atom is 0.150 e. The summed E-state index contributed by atoms with van der Waals surface area (Å²) < 4.78 is 40.9. The third-order valence-electron chi connectivity index (χ3n) is 4.18. The molecule has 1 unspecified atom stereocenters. The molecule has 0 saturated heterocycles. The molecule has 0 spiro atoms. The zero-order valence-corrected chi connectivity index (χ0v) is 11.3. The fourth-order valence-electron chi connectivity index (χ4n) is 3.27. The highest BCUT2D eigenvalue weighted by Gasteiger charge is 2.29. The second-order valence-corrected chi connectivity index (χ2v) is 5.47. The van der Waals surface area contributed by atoms with Crippen molar-refractivity contribution in [1.82, 2.24) is 4.98 Å². The molecule has 1 N–H and O–H groups in total. The minimum Gasteiger partial charge on any atom is -0.352 e. The first-order chi connectivity index (χ1) is 10.6. The summed E-state index contributed by atoms with van der Waals surface area (Å²) in [6.45, 7) is 0. The molecule has 2 aromatic carbocycles. The van der Waals surface area contributed by atoms with E-state index in [2.05, 4.69) is 4.98 Å². The average molecular weight is 301 g/mol. The maximum absolute atomic E-state index is 14.0. The van der Waals surface area contributed by atoms with Crippen LogP contribution in [0.4, 0.5) is 13.2 Å². The average Bonchev–Trinajstić information content (AvgIpc) is 2.86. The van der Waals surface area contributed by atoms with Gasteiger partial charge in [0, 0.05) is 22.9 Å². The van der Waals surface area contributed by atoms with Crippen LogP contribution in [-0.4, -0.2) is 11.3 Å². The lowest BCUT2D eigenvalue weighted by atomic mass is 9.82. The van der Waals surface area contributed by atoms with Crippen LogP contribution in [0.15, 0.2) is 30.3 Å². The molecule has 2 nitrogen and oxygen atoms in total. The van der Waals surface area contributed by atoms with E-state index in [1.165, 1.54) is 18.2 Å². The van der Waals surface area contributed by atoms with Crippen LogP contribution < -0.4 is 0 Å². The van der Waals surface area contributed by atoms with Gasteiger partial charge in [0.15, 0.2) is 0 Å². The molecule has 1 aliphatic carbocycles. The number of hydrogen-bond donors (Lipinski definition) is 1. The van der Waals surface area contributed by atoms with Crippen LogP contribution in [0, 0.1) is 17.5 Å². The van der Waals surface area contributed by atoms with Gasteiger partial charge in [0.05, 0.1) is 11.2 Å². The predicted octanol–water partition coefficient (Wildman–Crippen LogP) is 4.09. The molecule has 1 atom stereocenters. The van der Waals surface area contributed by atoms with Crippen LogP contribution in [0.25, 0.3) is 22.2 Å². The molecular weight excluding hydrogens is 291 g/mol. The SMILES string of the molecule is O=CC1Cc2cc(F)ccc2-c2[nH]c3c(F)cc(F)cc3c21. The molecule has 0 amide bonds. The van der Waals surface area contributed by atoms with E-state index in [-0.39, 0.29) is 11.3 Å². The van der Waals surface area contributed by atoms with Gasteiger partial charge in [-0.2, -0.15) is 0 Å². The van der Waals surface area contributed by atoms with E-state index < -0.39 is 17.6 Å². The van der Waals surface area contributed by atoms with Crippen LogP contribution in [0.5, 0.6) is 0 Å². The van der Waals surface area contributed by atoms with Crippen molar-refractivity contribution in [3.63, 3.8) is 0 Å². The van der Waals surface area contributed by atoms with Gasteiger partial charge in [0.2, 0.25) is 0 Å². The molecule has 3 aromatic rings. The van der Waals surface area contributed by atoms with Crippen molar-refractivity contribution in [3.05, 3.63) is 58.9 Å². The van der Waals surface area contributed by atoms with Gasteiger partial charge in [-0.25, -0.2) is 13.2 Å². The minimum absolute atomic E-state index is 0.162. The first-order valence-electron chi connectivity index (χ1n) is 6.83. The summed E-state index contributed by atoms with van der Waals surface area (Å²) in [5.74, 6) is -2.35. The normalized spacial score (nSPS) is 16.4. The number of aromatic nitrogens is 1. The smallest absolute Gasteiger partial charge is 0.150 e. The summed E-state index contributed by atoms with van der Waals surface area (Å²) in [5.41, 5.74) is 2.68. The molecule has 5 heteroatoms. The molecule has 1 aromatic heterocycles. The van der Waals surface area contributed by atoms with Gasteiger partial charge in [-0.1, -0.05) is 0 Å². The van der Waals surface area contributed by atoms with Crippen LogP contribution in [-0.2, 0) is 11.2 Å². The molecule has 1 aliphatic rings. The van der Waals surface area contributed by atoms with Gasteiger partial charge in [0.1, 0.15) is 23.7 Å². The molecule has 110 valence electrons. The van der Waals surface area contributed by atoms with Gasteiger partial charge in [-0.15, -0.1) is 0 Å². The van der Waals surface area contributed by atoms with Crippen LogP contribution in [0.3, 0.4) is 0 Å². The number of aldehydes is 1. The number of aromatic amines is 1. The summed E-state index contributed by atoms with van der Waals surface area (Å²) in [7, 11) is 0. The molecule has 4 rings (SSSR count). The molecule has 1 heterocycles. The molecule has 0 saturated carbocycles. The van der Waals surface area contributed by atoms with Crippen molar-refractivity contribution in [3.8, 4) is 11.3 Å². The maximum atomic E-state index is 14.0. The Bertz CT molecular complexity index is 929. The first kappa shape index (κ1) is 13.1. The monoisotopic (exact) mass is 301 g/mol. The third kappa shape index (κ3) is 1.71. The largest absolute Gasteiger partial charge is 0.352 e. The number of carbonyl (C=O) groups is 1. The van der Waals surface area contributed by atoms with Crippen molar-refractivity contribution in [1.29, 1.82) is 0 Å². The number of hydrogen-bond acceptors (Lipinski definition) is 1. The van der Waals surface area contributed by atoms with E-state index >= 15 is 0 Å². The van der Waals surface area contributed by atoms with E-state index in [9.17, 15) is 18.0 Å². The Morgan fingerprint density at radius 1 is 1.09 bits per heavy atom. The molecule has 0 fully saturated rings. The first-order valence-corrected chi connectivity index (χ1v) is 6.83. The van der Waals surface area contributed by atoms with Crippen molar-refractivity contribution in [2.45, 2.75) is 12.3 Å². The topological polar surface area (TPSA) is 32.9 Å². The zero-order valence-electron chi connectivity index (χ0n) is 11.3. The molecule has 0 bridgehead atoms. The molecule has 0 aliphatic heterocycles. The number of fused-ring (bicyclic) bond motifs is 5. The van der Waals surface area contributed by atoms with Crippen molar-refractivity contribution in [2.75, 3.05) is 0 Å². The predicted molar refractivity (Wildman–Crippen MR) is 76.1 cm³/mol.